The van der Waals surface area contributed by atoms with E-state index in [1.54, 1.807) is 6.07 Å². The largest absolute Gasteiger partial charge is 0.462 e. The molecule has 3 rings (SSSR count). The minimum absolute atomic E-state index is 0.0517. The molecule has 0 spiro atoms. The summed E-state index contributed by atoms with van der Waals surface area (Å²) in [4.78, 5) is 55.1. The first kappa shape index (κ1) is 22.9. The van der Waals surface area contributed by atoms with E-state index in [-0.39, 0.29) is 36.1 Å². The molecule has 1 fully saturated rings. The van der Waals surface area contributed by atoms with Crippen molar-refractivity contribution < 1.29 is 37.9 Å². The maximum atomic E-state index is 12.9. The molecule has 3 N–H and O–H groups in total. The quantitative estimate of drug-likeness (QED) is 0.170. The molecule has 0 aliphatic carbocycles. The molecular formula is C19H20N4O8S. The van der Waals surface area contributed by atoms with Gasteiger partial charge in [0.05, 0.1) is 6.26 Å². The summed E-state index contributed by atoms with van der Waals surface area (Å²) in [5, 5.41) is 5.66. The van der Waals surface area contributed by atoms with Crippen molar-refractivity contribution in [1.29, 1.82) is 0 Å². The van der Waals surface area contributed by atoms with Gasteiger partial charge in [-0.1, -0.05) is 17.8 Å². The van der Waals surface area contributed by atoms with Crippen LogP contribution in [0.3, 0.4) is 0 Å². The third-order valence-electron chi connectivity index (χ3n) is 4.40. The van der Waals surface area contributed by atoms with Crippen molar-refractivity contribution in [3.8, 4) is 0 Å². The van der Waals surface area contributed by atoms with E-state index in [4.69, 9.17) is 24.5 Å². The smallest absolute Gasteiger partial charge is 0.404 e. The van der Waals surface area contributed by atoms with Crippen LogP contribution in [0.15, 0.2) is 51.9 Å². The number of carbonyl (C=O) groups is 4. The van der Waals surface area contributed by atoms with Crippen LogP contribution in [0.4, 0.5) is 4.79 Å². The van der Waals surface area contributed by atoms with Gasteiger partial charge in [0.2, 0.25) is 5.71 Å². The zero-order valence-corrected chi connectivity index (χ0v) is 17.8. The summed E-state index contributed by atoms with van der Waals surface area (Å²) in [5.74, 6) is -1.63. The van der Waals surface area contributed by atoms with Gasteiger partial charge in [0.25, 0.3) is 11.8 Å². The van der Waals surface area contributed by atoms with Crippen molar-refractivity contribution in [1.82, 2.24) is 10.2 Å². The van der Waals surface area contributed by atoms with E-state index in [0.717, 1.165) is 0 Å². The number of carbonyl (C=O) groups excluding carboxylic acids is 4. The van der Waals surface area contributed by atoms with E-state index in [9.17, 15) is 19.2 Å². The van der Waals surface area contributed by atoms with Gasteiger partial charge in [0.15, 0.2) is 5.76 Å². The lowest BCUT2D eigenvalue weighted by Crippen LogP contribution is -2.71. The van der Waals surface area contributed by atoms with Crippen LogP contribution in [0.1, 0.15) is 5.76 Å². The van der Waals surface area contributed by atoms with Gasteiger partial charge >= 0.3 is 12.1 Å². The Labute approximate surface area is 186 Å². The first-order valence-electron chi connectivity index (χ1n) is 9.21. The SMILES string of the molecule is C=CCOC(=O)C1=C(COC(N)=O)CS[C@@H]2[C@H](NC(=O)/C(=N/OC)c3ccco3)C(=O)N12. The molecule has 2 atom stereocenters. The number of hydrogen-bond acceptors (Lipinski definition) is 10. The van der Waals surface area contributed by atoms with Crippen LogP contribution in [0.25, 0.3) is 0 Å². The minimum atomic E-state index is -1.02. The van der Waals surface area contributed by atoms with Gasteiger partial charge in [-0.2, -0.15) is 0 Å². The number of nitrogens with two attached hydrogens (primary N) is 1. The molecule has 3 amide bonds. The molecule has 0 aromatic carbocycles. The van der Waals surface area contributed by atoms with Crippen LogP contribution in [-0.4, -0.2) is 72.0 Å². The number of nitrogens with one attached hydrogen (secondary N) is 1. The Kier molecular flexibility index (Phi) is 7.20. The summed E-state index contributed by atoms with van der Waals surface area (Å²) in [7, 11) is 1.27. The average molecular weight is 464 g/mol. The lowest BCUT2D eigenvalue weighted by molar-refractivity contribution is -0.152. The Morgan fingerprint density at radius 2 is 2.22 bits per heavy atom. The molecule has 170 valence electrons. The molecule has 1 aromatic heterocycles. The second-order valence-electron chi connectivity index (χ2n) is 6.41. The topological polar surface area (TPSA) is 163 Å². The molecular weight excluding hydrogens is 444 g/mol. The number of hydrogen-bond donors (Lipinski definition) is 2. The second-order valence-corrected chi connectivity index (χ2v) is 7.51. The average Bonchev–Trinajstić information content (AvgIpc) is 3.31. The molecule has 1 saturated heterocycles. The first-order valence-corrected chi connectivity index (χ1v) is 10.3. The summed E-state index contributed by atoms with van der Waals surface area (Å²) in [6, 6.07) is 2.15. The molecule has 0 unspecified atom stereocenters. The molecule has 2 aliphatic rings. The Morgan fingerprint density at radius 1 is 1.44 bits per heavy atom. The zero-order chi connectivity index (χ0) is 23.3. The number of furan rings is 1. The van der Waals surface area contributed by atoms with Gasteiger partial charge in [0.1, 0.15) is 37.4 Å². The highest BCUT2D eigenvalue weighted by molar-refractivity contribution is 8.00. The summed E-state index contributed by atoms with van der Waals surface area (Å²) >= 11 is 1.27. The number of β-lactam (4-membered cyclic amide) rings is 1. The standard InChI is InChI=1S/C19H20N4O8S/c1-3-6-30-18(26)14-10(8-31-19(20)27)9-32-17-13(16(25)23(14)17)21-15(24)12(22-28-2)11-5-4-7-29-11/h3-5,7,13,17H,1,6,8-9H2,2H3,(H2,20,27)(H,21,24)/b22-12+/t13-,17-/m1/s1. The van der Waals surface area contributed by atoms with Gasteiger partial charge < -0.3 is 29.8 Å². The highest BCUT2D eigenvalue weighted by Crippen LogP contribution is 2.40. The predicted molar refractivity (Wildman–Crippen MR) is 111 cm³/mol. The molecule has 3 heterocycles. The molecule has 12 nitrogen and oxygen atoms in total. The fourth-order valence-electron chi connectivity index (χ4n) is 3.06. The Bertz CT molecular complexity index is 987. The number of ether oxygens (including phenoxy) is 2. The summed E-state index contributed by atoms with van der Waals surface area (Å²) in [5.41, 5.74) is 5.16. The van der Waals surface area contributed by atoms with Gasteiger partial charge in [-0.3, -0.25) is 14.5 Å². The van der Waals surface area contributed by atoms with E-state index in [2.05, 4.69) is 17.1 Å². The Hall–Kier alpha value is -3.74. The van der Waals surface area contributed by atoms with E-state index < -0.39 is 35.3 Å². The van der Waals surface area contributed by atoms with Crippen LogP contribution in [0.5, 0.6) is 0 Å². The number of fused-ring (bicyclic) bond motifs is 1. The molecule has 2 aliphatic heterocycles. The van der Waals surface area contributed by atoms with Crippen molar-refractivity contribution in [3.05, 3.63) is 48.1 Å². The van der Waals surface area contributed by atoms with Crippen LogP contribution in [-0.2, 0) is 28.7 Å². The van der Waals surface area contributed by atoms with Gasteiger partial charge in [-0.05, 0) is 12.1 Å². The minimum Gasteiger partial charge on any atom is -0.462 e. The molecule has 0 bridgehead atoms. The van der Waals surface area contributed by atoms with Crippen molar-refractivity contribution in [2.75, 3.05) is 26.1 Å². The Balaban J connectivity index is 1.80. The number of esters is 1. The van der Waals surface area contributed by atoms with E-state index in [1.807, 2.05) is 0 Å². The molecule has 0 radical (unpaired) electrons. The number of thioether (sulfide) groups is 1. The van der Waals surface area contributed by atoms with Crippen molar-refractivity contribution in [2.24, 2.45) is 10.9 Å². The fraction of sp³-hybridized carbons (Fsp3) is 0.316. The van der Waals surface area contributed by atoms with E-state index in [1.165, 1.54) is 42.2 Å². The fourth-order valence-corrected chi connectivity index (χ4v) is 4.38. The van der Waals surface area contributed by atoms with E-state index in [0.29, 0.717) is 5.57 Å². The van der Waals surface area contributed by atoms with Crippen molar-refractivity contribution in [2.45, 2.75) is 11.4 Å². The monoisotopic (exact) mass is 464 g/mol. The summed E-state index contributed by atoms with van der Waals surface area (Å²) < 4.78 is 15.1. The first-order chi connectivity index (χ1) is 15.4. The highest BCUT2D eigenvalue weighted by Gasteiger charge is 2.54. The van der Waals surface area contributed by atoms with Crippen molar-refractivity contribution >= 4 is 41.4 Å². The second kappa shape index (κ2) is 10.0. The maximum Gasteiger partial charge on any atom is 0.404 e. The normalized spacial score (nSPS) is 20.1. The lowest BCUT2D eigenvalue weighted by Gasteiger charge is -2.49. The van der Waals surface area contributed by atoms with Crippen LogP contribution in [0, 0.1) is 0 Å². The number of nitrogens with zero attached hydrogens (tertiary/aromatic N) is 2. The highest BCUT2D eigenvalue weighted by atomic mass is 32.2. The molecule has 32 heavy (non-hydrogen) atoms. The van der Waals surface area contributed by atoms with Crippen LogP contribution >= 0.6 is 11.8 Å². The number of amides is 3. The predicted octanol–water partition coefficient (Wildman–Crippen LogP) is 0.109. The van der Waals surface area contributed by atoms with Crippen LogP contribution in [0.2, 0.25) is 0 Å². The number of primary amides is 1. The zero-order valence-electron chi connectivity index (χ0n) is 16.9. The van der Waals surface area contributed by atoms with Gasteiger partial charge in [-0.25, -0.2) is 9.59 Å². The number of oxime groups is 1. The third kappa shape index (κ3) is 4.61. The molecule has 0 saturated carbocycles. The van der Waals surface area contributed by atoms with Gasteiger partial charge in [-0.15, -0.1) is 11.8 Å². The van der Waals surface area contributed by atoms with E-state index >= 15 is 0 Å². The molecule has 1 aromatic rings. The Morgan fingerprint density at radius 3 is 2.84 bits per heavy atom. The molecule has 13 heteroatoms. The lowest BCUT2D eigenvalue weighted by atomic mass is 10.0. The summed E-state index contributed by atoms with van der Waals surface area (Å²) in [6.07, 6.45) is 1.72. The third-order valence-corrected chi connectivity index (χ3v) is 5.74. The van der Waals surface area contributed by atoms with Crippen molar-refractivity contribution in [3.63, 3.8) is 0 Å². The maximum absolute atomic E-state index is 12.9. The van der Waals surface area contributed by atoms with Crippen LogP contribution < -0.4 is 11.1 Å². The van der Waals surface area contributed by atoms with Gasteiger partial charge in [0, 0.05) is 11.3 Å². The summed E-state index contributed by atoms with van der Waals surface area (Å²) in [6.45, 7) is 3.12. The number of rotatable bonds is 9.